The number of anilines is 1. The van der Waals surface area contributed by atoms with Gasteiger partial charge in [0, 0.05) is 21.8 Å². The van der Waals surface area contributed by atoms with Crippen LogP contribution in [0.15, 0.2) is 65.1 Å². The topological polar surface area (TPSA) is 76.4 Å². The molecule has 8 heteroatoms. The van der Waals surface area contributed by atoms with Crippen molar-refractivity contribution in [2.75, 3.05) is 5.32 Å². The van der Waals surface area contributed by atoms with Crippen LogP contribution >= 0.6 is 23.8 Å². The van der Waals surface area contributed by atoms with Crippen LogP contribution in [0.25, 0.3) is 22.6 Å². The van der Waals surface area contributed by atoms with Gasteiger partial charge in [-0.05, 0) is 92.6 Å². The van der Waals surface area contributed by atoms with Crippen molar-refractivity contribution in [2.24, 2.45) is 0 Å². The number of nitrogens with zero attached hydrogens (tertiary/aromatic N) is 1. The molecule has 0 saturated carbocycles. The lowest BCUT2D eigenvalue weighted by molar-refractivity contribution is 0.0977. The highest BCUT2D eigenvalue weighted by Gasteiger charge is 2.13. The van der Waals surface area contributed by atoms with Gasteiger partial charge in [-0.1, -0.05) is 24.6 Å². The fourth-order valence-electron chi connectivity index (χ4n) is 3.24. The molecule has 1 aromatic heterocycles. The summed E-state index contributed by atoms with van der Waals surface area (Å²) in [4.78, 5) is 17.1. The van der Waals surface area contributed by atoms with Crippen LogP contribution in [0.5, 0.6) is 5.75 Å². The van der Waals surface area contributed by atoms with E-state index in [-0.39, 0.29) is 17.1 Å². The Labute approximate surface area is 208 Å². The Morgan fingerprint density at radius 2 is 1.91 bits per heavy atom. The standard InChI is InChI=1S/C26H24ClN3O3S/c1-4-16(3)32-20-10-7-17(8-11-20)24(31)30-26(34)29-21-13-18(6-5-15(21)2)25-28-22-14-19(27)9-12-23(22)33-25/h5-14,16H,4H2,1-3H3,(H2,29,30,31,34). The number of rotatable bonds is 6. The predicted molar refractivity (Wildman–Crippen MR) is 140 cm³/mol. The van der Waals surface area contributed by atoms with Gasteiger partial charge < -0.3 is 14.5 Å². The number of ether oxygens (including phenoxy) is 1. The number of hydrogen-bond donors (Lipinski definition) is 2. The Morgan fingerprint density at radius 1 is 1.15 bits per heavy atom. The lowest BCUT2D eigenvalue weighted by Gasteiger charge is -2.14. The van der Waals surface area contributed by atoms with Crippen molar-refractivity contribution in [3.8, 4) is 17.2 Å². The molecular weight excluding hydrogens is 470 g/mol. The molecule has 4 rings (SSSR count). The molecule has 0 saturated heterocycles. The molecule has 34 heavy (non-hydrogen) atoms. The van der Waals surface area contributed by atoms with Crippen LogP contribution in [0.1, 0.15) is 36.2 Å². The molecule has 1 unspecified atom stereocenters. The highest BCUT2D eigenvalue weighted by molar-refractivity contribution is 7.80. The van der Waals surface area contributed by atoms with Crippen LogP contribution in [0.2, 0.25) is 5.02 Å². The fraction of sp³-hybridized carbons (Fsp3) is 0.192. The van der Waals surface area contributed by atoms with Gasteiger partial charge in [0.15, 0.2) is 10.7 Å². The van der Waals surface area contributed by atoms with Gasteiger partial charge in [-0.3, -0.25) is 10.1 Å². The summed E-state index contributed by atoms with van der Waals surface area (Å²) in [5, 5.41) is 6.59. The van der Waals surface area contributed by atoms with Crippen molar-refractivity contribution in [3.63, 3.8) is 0 Å². The second-order valence-corrected chi connectivity index (χ2v) is 8.77. The van der Waals surface area contributed by atoms with Crippen molar-refractivity contribution in [1.82, 2.24) is 10.3 Å². The van der Waals surface area contributed by atoms with E-state index in [0.29, 0.717) is 27.6 Å². The highest BCUT2D eigenvalue weighted by Crippen LogP contribution is 2.29. The summed E-state index contributed by atoms with van der Waals surface area (Å²) in [6, 6.07) is 18.0. The monoisotopic (exact) mass is 493 g/mol. The number of aryl methyl sites for hydroxylation is 1. The zero-order valence-electron chi connectivity index (χ0n) is 19.0. The number of fused-ring (bicyclic) bond motifs is 1. The van der Waals surface area contributed by atoms with Crippen LogP contribution in [-0.2, 0) is 0 Å². The van der Waals surface area contributed by atoms with Crippen LogP contribution in [0, 0.1) is 6.92 Å². The summed E-state index contributed by atoms with van der Waals surface area (Å²) in [5.74, 6) is 0.882. The Bertz CT molecular complexity index is 1350. The van der Waals surface area contributed by atoms with Crippen LogP contribution in [0.3, 0.4) is 0 Å². The Hall–Kier alpha value is -3.42. The molecular formula is C26H24ClN3O3S. The van der Waals surface area contributed by atoms with E-state index in [4.69, 9.17) is 33.0 Å². The molecule has 2 N–H and O–H groups in total. The molecule has 174 valence electrons. The number of nitrogens with one attached hydrogen (secondary N) is 2. The third-order valence-corrected chi connectivity index (χ3v) is 5.78. The van der Waals surface area contributed by atoms with Gasteiger partial charge in [-0.25, -0.2) is 4.98 Å². The molecule has 0 fully saturated rings. The molecule has 1 amide bonds. The van der Waals surface area contributed by atoms with Crippen molar-refractivity contribution < 1.29 is 13.9 Å². The summed E-state index contributed by atoms with van der Waals surface area (Å²) in [5.41, 5.74) is 4.27. The number of carbonyl (C=O) groups excluding carboxylic acids is 1. The third kappa shape index (κ3) is 5.55. The van der Waals surface area contributed by atoms with E-state index in [1.165, 1.54) is 0 Å². The van der Waals surface area contributed by atoms with E-state index in [1.54, 1.807) is 42.5 Å². The fourth-order valence-corrected chi connectivity index (χ4v) is 3.61. The first-order valence-electron chi connectivity index (χ1n) is 10.9. The van der Waals surface area contributed by atoms with Gasteiger partial charge in [-0.15, -0.1) is 0 Å². The normalized spacial score (nSPS) is 11.8. The minimum absolute atomic E-state index is 0.114. The molecule has 4 aromatic rings. The van der Waals surface area contributed by atoms with Gasteiger partial charge in [0.1, 0.15) is 11.3 Å². The molecule has 0 aliphatic rings. The maximum absolute atomic E-state index is 12.6. The summed E-state index contributed by atoms with van der Waals surface area (Å²) < 4.78 is 11.6. The summed E-state index contributed by atoms with van der Waals surface area (Å²) >= 11 is 11.4. The maximum Gasteiger partial charge on any atom is 0.257 e. The number of halogens is 1. The average molecular weight is 494 g/mol. The summed E-state index contributed by atoms with van der Waals surface area (Å²) in [6.07, 6.45) is 1.02. The maximum atomic E-state index is 12.6. The molecule has 1 heterocycles. The predicted octanol–water partition coefficient (Wildman–Crippen LogP) is 6.76. The Morgan fingerprint density at radius 3 is 2.65 bits per heavy atom. The minimum atomic E-state index is -0.308. The SMILES string of the molecule is CCC(C)Oc1ccc(C(=O)NC(=S)Nc2cc(-c3nc4cc(Cl)ccc4o3)ccc2C)cc1. The van der Waals surface area contributed by atoms with E-state index >= 15 is 0 Å². The van der Waals surface area contributed by atoms with Crippen molar-refractivity contribution in [2.45, 2.75) is 33.3 Å². The number of aromatic nitrogens is 1. The van der Waals surface area contributed by atoms with Gasteiger partial charge in [-0.2, -0.15) is 0 Å². The largest absolute Gasteiger partial charge is 0.491 e. The van der Waals surface area contributed by atoms with Gasteiger partial charge in [0.05, 0.1) is 6.10 Å². The van der Waals surface area contributed by atoms with E-state index in [0.717, 1.165) is 29.0 Å². The lowest BCUT2D eigenvalue weighted by Crippen LogP contribution is -2.34. The number of oxazole rings is 1. The molecule has 0 aliphatic heterocycles. The molecule has 0 aliphatic carbocycles. The second-order valence-electron chi connectivity index (χ2n) is 7.93. The van der Waals surface area contributed by atoms with Crippen LogP contribution in [-0.4, -0.2) is 22.1 Å². The van der Waals surface area contributed by atoms with Gasteiger partial charge in [0.25, 0.3) is 5.91 Å². The highest BCUT2D eigenvalue weighted by atomic mass is 35.5. The van der Waals surface area contributed by atoms with Crippen molar-refractivity contribution >= 4 is 51.6 Å². The van der Waals surface area contributed by atoms with Crippen LogP contribution in [0.4, 0.5) is 5.69 Å². The lowest BCUT2D eigenvalue weighted by atomic mass is 10.1. The van der Waals surface area contributed by atoms with E-state index in [2.05, 4.69) is 22.5 Å². The zero-order chi connectivity index (χ0) is 24.2. The van der Waals surface area contributed by atoms with E-state index in [9.17, 15) is 4.79 Å². The molecule has 6 nitrogen and oxygen atoms in total. The van der Waals surface area contributed by atoms with Crippen molar-refractivity contribution in [1.29, 1.82) is 0 Å². The Balaban J connectivity index is 1.44. The first kappa shape index (κ1) is 23.7. The quantitative estimate of drug-likeness (QED) is 0.289. The number of amides is 1. The average Bonchev–Trinajstić information content (AvgIpc) is 3.24. The molecule has 0 radical (unpaired) electrons. The minimum Gasteiger partial charge on any atom is -0.491 e. The number of hydrogen-bond acceptors (Lipinski definition) is 5. The van der Waals surface area contributed by atoms with Crippen LogP contribution < -0.4 is 15.4 Å². The smallest absolute Gasteiger partial charge is 0.257 e. The second kappa shape index (κ2) is 10.2. The Kier molecular flexibility index (Phi) is 7.14. The zero-order valence-corrected chi connectivity index (χ0v) is 20.6. The van der Waals surface area contributed by atoms with Crippen molar-refractivity contribution in [3.05, 3.63) is 76.8 Å². The first-order chi connectivity index (χ1) is 16.3. The molecule has 3 aromatic carbocycles. The molecule has 0 spiro atoms. The van der Waals surface area contributed by atoms with E-state index in [1.807, 2.05) is 32.0 Å². The summed E-state index contributed by atoms with van der Waals surface area (Å²) in [7, 11) is 0. The summed E-state index contributed by atoms with van der Waals surface area (Å²) in [6.45, 7) is 6.00. The number of thiocarbonyl (C=S) groups is 1. The number of carbonyl (C=O) groups is 1. The van der Waals surface area contributed by atoms with E-state index < -0.39 is 0 Å². The molecule has 1 atom stereocenters. The number of benzene rings is 3. The van der Waals surface area contributed by atoms with Gasteiger partial charge in [0.2, 0.25) is 5.89 Å². The van der Waals surface area contributed by atoms with Gasteiger partial charge >= 0.3 is 0 Å². The molecule has 0 bridgehead atoms. The third-order valence-electron chi connectivity index (χ3n) is 5.34. The first-order valence-corrected chi connectivity index (χ1v) is 11.7.